The van der Waals surface area contributed by atoms with Gasteiger partial charge in [-0.2, -0.15) is 12.6 Å². The highest BCUT2D eigenvalue weighted by Gasteiger charge is 2.17. The third-order valence-corrected chi connectivity index (χ3v) is 3.08. The van der Waals surface area contributed by atoms with Gasteiger partial charge in [0.2, 0.25) is 0 Å². The lowest BCUT2D eigenvalue weighted by Crippen LogP contribution is -2.09. The molecule has 1 aromatic rings. The summed E-state index contributed by atoms with van der Waals surface area (Å²) in [7, 11) is 1.70. The van der Waals surface area contributed by atoms with Crippen molar-refractivity contribution in [2.45, 2.75) is 51.9 Å². The minimum atomic E-state index is 0.121. The van der Waals surface area contributed by atoms with Crippen LogP contribution in [0.4, 0.5) is 0 Å². The van der Waals surface area contributed by atoms with Crippen molar-refractivity contribution in [3.8, 4) is 11.5 Å². The fraction of sp³-hybridized carbons (Fsp3) is 0.600. The molecule has 0 fully saturated rings. The van der Waals surface area contributed by atoms with Crippen LogP contribution >= 0.6 is 12.6 Å². The Hall–Kier alpha value is -0.830. The van der Waals surface area contributed by atoms with Crippen LogP contribution in [0.3, 0.4) is 0 Å². The zero-order valence-corrected chi connectivity index (χ0v) is 13.0. The molecule has 1 rings (SSSR count). The van der Waals surface area contributed by atoms with Crippen molar-refractivity contribution in [3.63, 3.8) is 0 Å². The van der Waals surface area contributed by atoms with E-state index < -0.39 is 0 Å². The largest absolute Gasteiger partial charge is 0.496 e. The molecule has 2 nitrogen and oxygen atoms in total. The minimum Gasteiger partial charge on any atom is -0.496 e. The monoisotopic (exact) mass is 268 g/mol. The number of thiol groups is 1. The van der Waals surface area contributed by atoms with E-state index in [1.807, 2.05) is 20.8 Å². The molecule has 0 radical (unpaired) electrons. The fourth-order valence-electron chi connectivity index (χ4n) is 1.90. The lowest BCUT2D eigenvalue weighted by atomic mass is 9.98. The van der Waals surface area contributed by atoms with Crippen LogP contribution < -0.4 is 9.47 Å². The maximum absolute atomic E-state index is 5.91. The average Bonchev–Trinajstić information content (AvgIpc) is 2.27. The van der Waals surface area contributed by atoms with Gasteiger partial charge in [0.05, 0.1) is 13.2 Å². The summed E-state index contributed by atoms with van der Waals surface area (Å²) in [5.74, 6) is 2.23. The maximum Gasteiger partial charge on any atom is 0.123 e. The third-order valence-electron chi connectivity index (χ3n) is 2.80. The van der Waals surface area contributed by atoms with Crippen LogP contribution in [0, 0.1) is 0 Å². The molecule has 0 spiro atoms. The molecule has 0 amide bonds. The van der Waals surface area contributed by atoms with Crippen molar-refractivity contribution < 1.29 is 9.47 Å². The van der Waals surface area contributed by atoms with Gasteiger partial charge < -0.3 is 9.47 Å². The summed E-state index contributed by atoms with van der Waals surface area (Å²) in [6.45, 7) is 10.4. The maximum atomic E-state index is 5.91. The predicted molar refractivity (Wildman–Crippen MR) is 80.2 cm³/mol. The molecule has 18 heavy (non-hydrogen) atoms. The highest BCUT2D eigenvalue weighted by atomic mass is 32.1. The summed E-state index contributed by atoms with van der Waals surface area (Å²) in [4.78, 5) is 0. The molecule has 1 atom stereocenters. The minimum absolute atomic E-state index is 0.121. The van der Waals surface area contributed by atoms with Crippen molar-refractivity contribution in [3.05, 3.63) is 23.3 Å². The van der Waals surface area contributed by atoms with Gasteiger partial charge in [-0.1, -0.05) is 13.8 Å². The standard InChI is InChI=1S/C15H24O2S/c1-9(2)12-7-14(16-6)13(11(5)18)8-15(12)17-10(3)4/h7-11,18H,1-6H3. The second-order valence-corrected chi connectivity index (χ2v) is 5.90. The summed E-state index contributed by atoms with van der Waals surface area (Å²) in [5.41, 5.74) is 2.25. The van der Waals surface area contributed by atoms with Gasteiger partial charge in [-0.15, -0.1) is 0 Å². The van der Waals surface area contributed by atoms with Crippen LogP contribution in [-0.4, -0.2) is 13.2 Å². The van der Waals surface area contributed by atoms with Crippen LogP contribution in [0.5, 0.6) is 11.5 Å². The molecule has 0 aliphatic carbocycles. The van der Waals surface area contributed by atoms with Gasteiger partial charge in [-0.25, -0.2) is 0 Å². The Morgan fingerprint density at radius 2 is 1.50 bits per heavy atom. The van der Waals surface area contributed by atoms with Gasteiger partial charge in [0.25, 0.3) is 0 Å². The lowest BCUT2D eigenvalue weighted by Gasteiger charge is -2.21. The molecular weight excluding hydrogens is 244 g/mol. The molecule has 1 unspecified atom stereocenters. The summed E-state index contributed by atoms with van der Waals surface area (Å²) < 4.78 is 11.4. The Balaban J connectivity index is 3.32. The van der Waals surface area contributed by atoms with Crippen molar-refractivity contribution in [1.29, 1.82) is 0 Å². The first-order valence-electron chi connectivity index (χ1n) is 6.43. The molecule has 0 aliphatic heterocycles. The highest BCUT2D eigenvalue weighted by Crippen LogP contribution is 2.38. The highest BCUT2D eigenvalue weighted by molar-refractivity contribution is 7.80. The van der Waals surface area contributed by atoms with Crippen molar-refractivity contribution in [2.24, 2.45) is 0 Å². The Kier molecular flexibility index (Phi) is 5.39. The molecule has 0 aromatic heterocycles. The summed E-state index contributed by atoms with van der Waals surface area (Å²) in [5, 5.41) is 0.121. The van der Waals surface area contributed by atoms with Crippen LogP contribution in [-0.2, 0) is 0 Å². The zero-order chi connectivity index (χ0) is 13.9. The predicted octanol–water partition coefficient (Wildman–Crippen LogP) is 4.60. The average molecular weight is 268 g/mol. The zero-order valence-electron chi connectivity index (χ0n) is 12.2. The number of ether oxygens (including phenoxy) is 2. The number of methoxy groups -OCH3 is 1. The molecule has 0 aliphatic rings. The first-order valence-corrected chi connectivity index (χ1v) is 6.95. The van der Waals surface area contributed by atoms with E-state index in [4.69, 9.17) is 9.47 Å². The molecule has 0 bridgehead atoms. The van der Waals surface area contributed by atoms with E-state index in [0.717, 1.165) is 17.1 Å². The molecule has 0 saturated heterocycles. The van der Waals surface area contributed by atoms with Crippen molar-refractivity contribution >= 4 is 12.6 Å². The summed E-state index contributed by atoms with van der Waals surface area (Å²) >= 11 is 4.50. The first-order chi connectivity index (χ1) is 8.36. The third kappa shape index (κ3) is 3.58. The van der Waals surface area contributed by atoms with E-state index in [1.54, 1.807) is 7.11 Å². The van der Waals surface area contributed by atoms with Gasteiger partial charge in [0, 0.05) is 16.4 Å². The number of benzene rings is 1. The van der Waals surface area contributed by atoms with E-state index in [1.165, 1.54) is 5.56 Å². The number of hydrogen-bond donors (Lipinski definition) is 1. The van der Waals surface area contributed by atoms with Crippen LogP contribution in [0.25, 0.3) is 0 Å². The molecule has 0 heterocycles. The van der Waals surface area contributed by atoms with Crippen LogP contribution in [0.1, 0.15) is 56.9 Å². The fourth-order valence-corrected chi connectivity index (χ4v) is 2.10. The molecule has 0 saturated carbocycles. The SMILES string of the molecule is COc1cc(C(C)C)c(OC(C)C)cc1C(C)S. The van der Waals surface area contributed by atoms with E-state index in [2.05, 4.69) is 38.6 Å². The lowest BCUT2D eigenvalue weighted by molar-refractivity contribution is 0.238. The normalized spacial score (nSPS) is 12.9. The van der Waals surface area contributed by atoms with E-state index in [9.17, 15) is 0 Å². The smallest absolute Gasteiger partial charge is 0.123 e. The Bertz CT molecular complexity index is 398. The van der Waals surface area contributed by atoms with E-state index in [0.29, 0.717) is 5.92 Å². The summed E-state index contributed by atoms with van der Waals surface area (Å²) in [6.07, 6.45) is 0.166. The van der Waals surface area contributed by atoms with Crippen molar-refractivity contribution in [1.82, 2.24) is 0 Å². The molecular formula is C15H24O2S. The van der Waals surface area contributed by atoms with Crippen molar-refractivity contribution in [2.75, 3.05) is 7.11 Å². The second-order valence-electron chi connectivity index (χ2n) is 5.13. The van der Waals surface area contributed by atoms with E-state index in [-0.39, 0.29) is 11.4 Å². The molecule has 3 heteroatoms. The number of rotatable bonds is 5. The van der Waals surface area contributed by atoms with Crippen LogP contribution in [0.2, 0.25) is 0 Å². The topological polar surface area (TPSA) is 18.5 Å². The van der Waals surface area contributed by atoms with Crippen LogP contribution in [0.15, 0.2) is 12.1 Å². The van der Waals surface area contributed by atoms with Gasteiger partial charge in [0.15, 0.2) is 0 Å². The quantitative estimate of drug-likeness (QED) is 0.787. The Morgan fingerprint density at radius 3 is 1.89 bits per heavy atom. The number of hydrogen-bond acceptors (Lipinski definition) is 3. The van der Waals surface area contributed by atoms with Gasteiger partial charge in [-0.3, -0.25) is 0 Å². The molecule has 0 N–H and O–H groups in total. The second kappa shape index (κ2) is 6.37. The molecule has 102 valence electrons. The Labute approximate surface area is 116 Å². The Morgan fingerprint density at radius 1 is 0.944 bits per heavy atom. The van der Waals surface area contributed by atoms with Gasteiger partial charge in [-0.05, 0) is 38.8 Å². The van der Waals surface area contributed by atoms with Gasteiger partial charge in [0.1, 0.15) is 11.5 Å². The van der Waals surface area contributed by atoms with E-state index >= 15 is 0 Å². The first kappa shape index (κ1) is 15.2. The summed E-state index contributed by atoms with van der Waals surface area (Å²) in [6, 6.07) is 4.14. The van der Waals surface area contributed by atoms with Gasteiger partial charge >= 0.3 is 0 Å². The molecule has 1 aromatic carbocycles.